The van der Waals surface area contributed by atoms with Crippen LogP contribution in [0.1, 0.15) is 16.1 Å². The van der Waals surface area contributed by atoms with Crippen LogP contribution in [0.4, 0.5) is 0 Å². The molecule has 2 heterocycles. The van der Waals surface area contributed by atoms with Crippen molar-refractivity contribution in [1.29, 1.82) is 0 Å². The predicted octanol–water partition coefficient (Wildman–Crippen LogP) is 2.34. The molecule has 0 aliphatic rings. The van der Waals surface area contributed by atoms with Crippen molar-refractivity contribution >= 4 is 16.9 Å². The highest BCUT2D eigenvalue weighted by Gasteiger charge is 2.10. The molecular weight excluding hydrogens is 258 g/mol. The number of nitrogens with zero attached hydrogens (tertiary/aromatic N) is 1. The average molecular weight is 269 g/mol. The summed E-state index contributed by atoms with van der Waals surface area (Å²) in [5.41, 5.74) is 1.35. The summed E-state index contributed by atoms with van der Waals surface area (Å²) in [4.78, 5) is 22.5. The van der Waals surface area contributed by atoms with Crippen molar-refractivity contribution < 1.29 is 14.3 Å². The van der Waals surface area contributed by atoms with Crippen LogP contribution in [0.5, 0.6) is 0 Å². The van der Waals surface area contributed by atoms with Gasteiger partial charge in [0.15, 0.2) is 0 Å². The Bertz CT molecular complexity index is 844. The van der Waals surface area contributed by atoms with Crippen LogP contribution in [-0.2, 0) is 6.54 Å². The Morgan fingerprint density at radius 1 is 1.20 bits per heavy atom. The zero-order valence-corrected chi connectivity index (χ0v) is 10.4. The summed E-state index contributed by atoms with van der Waals surface area (Å²) in [6.07, 6.45) is 1.71. The first-order valence-electron chi connectivity index (χ1n) is 6.05. The minimum atomic E-state index is -1.10. The monoisotopic (exact) mass is 269 g/mol. The molecule has 5 heteroatoms. The van der Waals surface area contributed by atoms with Gasteiger partial charge in [0.2, 0.25) is 5.76 Å². The van der Waals surface area contributed by atoms with Crippen LogP contribution >= 0.6 is 0 Å². The third-order valence-corrected chi connectivity index (χ3v) is 3.04. The molecule has 0 aliphatic heterocycles. The first kappa shape index (κ1) is 12.2. The molecule has 3 rings (SSSR count). The Morgan fingerprint density at radius 2 is 2.05 bits per heavy atom. The highest BCUT2D eigenvalue weighted by molar-refractivity contribution is 5.91. The standard InChI is InChI=1S/C15H11NO4/c17-14-3-1-2-6-16(14)9-10-4-5-12-11(7-10)8-13(20-12)15(18)19/h1-8H,9H2,(H,18,19). The Balaban J connectivity index is 1.99. The quantitative estimate of drug-likeness (QED) is 0.792. The molecule has 0 aliphatic carbocycles. The number of hydrogen-bond donors (Lipinski definition) is 1. The van der Waals surface area contributed by atoms with E-state index in [1.54, 1.807) is 29.0 Å². The fraction of sp³-hybridized carbons (Fsp3) is 0.0667. The van der Waals surface area contributed by atoms with Gasteiger partial charge in [0.25, 0.3) is 5.56 Å². The van der Waals surface area contributed by atoms with Gasteiger partial charge in [-0.05, 0) is 29.8 Å². The maximum absolute atomic E-state index is 11.6. The van der Waals surface area contributed by atoms with Crippen LogP contribution in [0.2, 0.25) is 0 Å². The lowest BCUT2D eigenvalue weighted by Crippen LogP contribution is -2.18. The molecule has 0 fully saturated rings. The normalized spacial score (nSPS) is 10.8. The summed E-state index contributed by atoms with van der Waals surface area (Å²) < 4.78 is 6.77. The number of aromatic nitrogens is 1. The zero-order valence-electron chi connectivity index (χ0n) is 10.4. The van der Waals surface area contributed by atoms with Crippen LogP contribution in [0, 0.1) is 0 Å². The van der Waals surface area contributed by atoms with E-state index in [1.165, 1.54) is 12.1 Å². The van der Waals surface area contributed by atoms with Crippen molar-refractivity contribution in [3.8, 4) is 0 Å². The van der Waals surface area contributed by atoms with Gasteiger partial charge in [-0.2, -0.15) is 0 Å². The third kappa shape index (κ3) is 2.21. The van der Waals surface area contributed by atoms with Crippen molar-refractivity contribution in [2.24, 2.45) is 0 Å². The summed E-state index contributed by atoms with van der Waals surface area (Å²) in [7, 11) is 0. The molecule has 1 aromatic carbocycles. The summed E-state index contributed by atoms with van der Waals surface area (Å²) in [6.45, 7) is 0.434. The molecule has 0 atom stereocenters. The Labute approximate surface area is 113 Å². The second kappa shape index (κ2) is 4.70. The molecule has 100 valence electrons. The van der Waals surface area contributed by atoms with Gasteiger partial charge in [0.05, 0.1) is 6.54 Å². The van der Waals surface area contributed by atoms with E-state index < -0.39 is 5.97 Å². The zero-order chi connectivity index (χ0) is 14.1. The fourth-order valence-electron chi connectivity index (χ4n) is 2.08. The lowest BCUT2D eigenvalue weighted by Gasteiger charge is -2.04. The number of aromatic carboxylic acids is 1. The molecule has 1 N–H and O–H groups in total. The van der Waals surface area contributed by atoms with Crippen LogP contribution in [0.3, 0.4) is 0 Å². The van der Waals surface area contributed by atoms with Crippen molar-refractivity contribution in [3.63, 3.8) is 0 Å². The SMILES string of the molecule is O=C(O)c1cc2cc(Cn3ccccc3=O)ccc2o1. The minimum Gasteiger partial charge on any atom is -0.475 e. The molecule has 0 saturated heterocycles. The number of hydrogen-bond acceptors (Lipinski definition) is 3. The summed E-state index contributed by atoms with van der Waals surface area (Å²) >= 11 is 0. The third-order valence-electron chi connectivity index (χ3n) is 3.04. The first-order valence-corrected chi connectivity index (χ1v) is 6.05. The van der Waals surface area contributed by atoms with E-state index in [9.17, 15) is 9.59 Å². The number of benzene rings is 1. The van der Waals surface area contributed by atoms with Gasteiger partial charge in [0, 0.05) is 17.6 Å². The van der Waals surface area contributed by atoms with Gasteiger partial charge in [-0.1, -0.05) is 12.1 Å². The number of rotatable bonds is 3. The molecule has 0 amide bonds. The Kier molecular flexibility index (Phi) is 2.87. The van der Waals surface area contributed by atoms with E-state index >= 15 is 0 Å². The first-order chi connectivity index (χ1) is 9.63. The van der Waals surface area contributed by atoms with E-state index in [0.717, 1.165) is 5.56 Å². The highest BCUT2D eigenvalue weighted by atomic mass is 16.4. The molecule has 5 nitrogen and oxygen atoms in total. The van der Waals surface area contributed by atoms with Gasteiger partial charge in [-0.3, -0.25) is 4.79 Å². The van der Waals surface area contributed by atoms with Crippen molar-refractivity contribution in [3.05, 3.63) is 70.3 Å². The molecule has 0 unspecified atom stereocenters. The second-order valence-electron chi connectivity index (χ2n) is 4.45. The van der Waals surface area contributed by atoms with Crippen molar-refractivity contribution in [2.75, 3.05) is 0 Å². The molecule has 0 spiro atoms. The van der Waals surface area contributed by atoms with Crippen LogP contribution in [0.15, 0.2) is 57.9 Å². The smallest absolute Gasteiger partial charge is 0.371 e. The van der Waals surface area contributed by atoms with E-state index in [0.29, 0.717) is 17.5 Å². The minimum absolute atomic E-state index is 0.0778. The predicted molar refractivity (Wildman–Crippen MR) is 73.0 cm³/mol. The lowest BCUT2D eigenvalue weighted by atomic mass is 10.1. The van der Waals surface area contributed by atoms with Gasteiger partial charge < -0.3 is 14.1 Å². The Hall–Kier alpha value is -2.82. The molecule has 2 aromatic heterocycles. The van der Waals surface area contributed by atoms with E-state index in [-0.39, 0.29) is 11.3 Å². The number of fused-ring (bicyclic) bond motifs is 1. The average Bonchev–Trinajstić information content (AvgIpc) is 2.85. The maximum atomic E-state index is 11.6. The van der Waals surface area contributed by atoms with Crippen LogP contribution < -0.4 is 5.56 Å². The van der Waals surface area contributed by atoms with E-state index in [4.69, 9.17) is 9.52 Å². The second-order valence-corrected chi connectivity index (χ2v) is 4.45. The van der Waals surface area contributed by atoms with Gasteiger partial charge >= 0.3 is 5.97 Å². The van der Waals surface area contributed by atoms with Gasteiger partial charge in [-0.15, -0.1) is 0 Å². The fourth-order valence-corrected chi connectivity index (χ4v) is 2.08. The van der Waals surface area contributed by atoms with Crippen molar-refractivity contribution in [2.45, 2.75) is 6.54 Å². The molecular formula is C15H11NO4. The molecule has 3 aromatic rings. The number of carbonyl (C=O) groups is 1. The van der Waals surface area contributed by atoms with E-state index in [1.807, 2.05) is 12.1 Å². The topological polar surface area (TPSA) is 72.4 Å². The molecule has 20 heavy (non-hydrogen) atoms. The summed E-state index contributed by atoms with van der Waals surface area (Å²) in [5.74, 6) is -1.18. The number of furan rings is 1. The number of carboxylic acids is 1. The van der Waals surface area contributed by atoms with Crippen LogP contribution in [-0.4, -0.2) is 15.6 Å². The number of carboxylic acid groups (broad SMARTS) is 1. The van der Waals surface area contributed by atoms with Gasteiger partial charge in [-0.25, -0.2) is 4.79 Å². The van der Waals surface area contributed by atoms with Crippen LogP contribution in [0.25, 0.3) is 11.0 Å². The molecule has 0 bridgehead atoms. The van der Waals surface area contributed by atoms with E-state index in [2.05, 4.69) is 0 Å². The molecule has 0 saturated carbocycles. The maximum Gasteiger partial charge on any atom is 0.371 e. The highest BCUT2D eigenvalue weighted by Crippen LogP contribution is 2.21. The summed E-state index contributed by atoms with van der Waals surface area (Å²) in [5, 5.41) is 9.60. The van der Waals surface area contributed by atoms with Crippen molar-refractivity contribution in [1.82, 2.24) is 4.57 Å². The number of pyridine rings is 1. The lowest BCUT2D eigenvalue weighted by molar-refractivity contribution is 0.0665. The largest absolute Gasteiger partial charge is 0.475 e. The Morgan fingerprint density at radius 3 is 2.80 bits per heavy atom. The molecule has 0 radical (unpaired) electrons. The van der Waals surface area contributed by atoms with Gasteiger partial charge in [0.1, 0.15) is 5.58 Å². The summed E-state index contributed by atoms with van der Waals surface area (Å²) in [6, 6.07) is 11.8.